The van der Waals surface area contributed by atoms with E-state index < -0.39 is 0 Å². The topological polar surface area (TPSA) is 38.7 Å². The van der Waals surface area contributed by atoms with Crippen LogP contribution in [0.2, 0.25) is 5.15 Å². The number of rotatable bonds is 3. The van der Waals surface area contributed by atoms with Gasteiger partial charge in [0, 0.05) is 11.9 Å². The normalized spacial score (nSPS) is 10.5. The lowest BCUT2D eigenvalue weighted by atomic mass is 10.2. The van der Waals surface area contributed by atoms with Gasteiger partial charge in [0.2, 0.25) is 0 Å². The van der Waals surface area contributed by atoms with Crippen LogP contribution in [-0.2, 0) is 12.8 Å². The van der Waals surface area contributed by atoms with Gasteiger partial charge in [-0.1, -0.05) is 24.6 Å². The second kappa shape index (κ2) is 5.73. The Morgan fingerprint density at radius 1 is 1.29 bits per heavy atom. The van der Waals surface area contributed by atoms with Crippen LogP contribution >= 0.6 is 34.2 Å². The highest BCUT2D eigenvalue weighted by molar-refractivity contribution is 14.1. The highest BCUT2D eigenvalue weighted by Gasteiger charge is 2.09. The molecule has 3 nitrogen and oxygen atoms in total. The molecule has 0 fully saturated rings. The van der Waals surface area contributed by atoms with Crippen LogP contribution in [0, 0.1) is 3.57 Å². The van der Waals surface area contributed by atoms with Crippen LogP contribution in [0.15, 0.2) is 24.4 Å². The number of aromatic nitrogens is 3. The molecular weight excluding hydrogens is 349 g/mol. The molecule has 0 spiro atoms. The third-order valence-electron chi connectivity index (χ3n) is 2.33. The van der Waals surface area contributed by atoms with E-state index in [1.165, 1.54) is 0 Å². The van der Waals surface area contributed by atoms with Crippen molar-refractivity contribution in [2.75, 3.05) is 0 Å². The number of hydrogen-bond donors (Lipinski definition) is 0. The fraction of sp³-hybridized carbons (Fsp3) is 0.250. The van der Waals surface area contributed by atoms with E-state index in [0.29, 0.717) is 11.6 Å². The van der Waals surface area contributed by atoms with Gasteiger partial charge in [0.1, 0.15) is 11.0 Å². The number of hydrogen-bond acceptors (Lipinski definition) is 3. The van der Waals surface area contributed by atoms with Crippen LogP contribution in [-0.4, -0.2) is 15.0 Å². The van der Waals surface area contributed by atoms with Gasteiger partial charge >= 0.3 is 0 Å². The maximum atomic E-state index is 6.08. The Kier molecular flexibility index (Phi) is 4.28. The molecule has 2 aromatic rings. The largest absolute Gasteiger partial charge is 0.261 e. The van der Waals surface area contributed by atoms with Crippen LogP contribution in [0.4, 0.5) is 0 Å². The molecule has 0 aromatic carbocycles. The molecule has 0 N–H and O–H groups in total. The summed E-state index contributed by atoms with van der Waals surface area (Å²) >= 11 is 8.27. The van der Waals surface area contributed by atoms with Gasteiger partial charge in [0.15, 0.2) is 0 Å². The number of aryl methyl sites for hydroxylation is 1. The summed E-state index contributed by atoms with van der Waals surface area (Å²) < 4.78 is 0.941. The second-order valence-corrected chi connectivity index (χ2v) is 4.98. The number of halogens is 2. The zero-order valence-electron chi connectivity index (χ0n) is 9.32. The summed E-state index contributed by atoms with van der Waals surface area (Å²) in [5, 5.41) is 0.531. The zero-order valence-corrected chi connectivity index (χ0v) is 12.2. The van der Waals surface area contributed by atoms with Crippen LogP contribution < -0.4 is 0 Å². The van der Waals surface area contributed by atoms with Crippen molar-refractivity contribution in [1.29, 1.82) is 0 Å². The van der Waals surface area contributed by atoms with Gasteiger partial charge in [-0.2, -0.15) is 0 Å². The Morgan fingerprint density at radius 3 is 2.76 bits per heavy atom. The minimum atomic E-state index is 0.531. The molecule has 0 saturated heterocycles. The predicted octanol–water partition coefficient (Wildman–Crippen LogP) is 3.28. The van der Waals surface area contributed by atoms with Gasteiger partial charge in [-0.25, -0.2) is 9.97 Å². The first-order valence-corrected chi connectivity index (χ1v) is 6.77. The predicted molar refractivity (Wildman–Crippen MR) is 76.2 cm³/mol. The molecule has 17 heavy (non-hydrogen) atoms. The van der Waals surface area contributed by atoms with Crippen molar-refractivity contribution in [2.45, 2.75) is 19.8 Å². The van der Waals surface area contributed by atoms with Crippen molar-refractivity contribution >= 4 is 34.2 Å². The minimum absolute atomic E-state index is 0.531. The van der Waals surface area contributed by atoms with Crippen molar-refractivity contribution in [2.24, 2.45) is 0 Å². The smallest absolute Gasteiger partial charge is 0.146 e. The molecule has 88 valence electrons. The summed E-state index contributed by atoms with van der Waals surface area (Å²) in [5.41, 5.74) is 1.95. The molecule has 0 unspecified atom stereocenters. The Balaban J connectivity index is 2.31. The summed E-state index contributed by atoms with van der Waals surface area (Å²) in [4.78, 5) is 13.0. The van der Waals surface area contributed by atoms with Crippen LogP contribution in [0.3, 0.4) is 0 Å². The molecule has 5 heteroatoms. The molecular formula is C12H11ClIN3. The average Bonchev–Trinajstić information content (AvgIpc) is 2.35. The fourth-order valence-corrected chi connectivity index (χ4v) is 2.32. The Hall–Kier alpha value is -0.750. The molecule has 0 bridgehead atoms. The van der Waals surface area contributed by atoms with Crippen LogP contribution in [0.1, 0.15) is 24.1 Å². The lowest BCUT2D eigenvalue weighted by Crippen LogP contribution is -2.04. The van der Waals surface area contributed by atoms with Gasteiger partial charge in [0.25, 0.3) is 0 Å². The maximum Gasteiger partial charge on any atom is 0.146 e. The summed E-state index contributed by atoms with van der Waals surface area (Å²) in [5.74, 6) is 0.728. The molecule has 2 rings (SSSR count). The summed E-state index contributed by atoms with van der Waals surface area (Å²) in [6, 6.07) is 5.81. The zero-order chi connectivity index (χ0) is 12.3. The first-order valence-electron chi connectivity index (χ1n) is 5.31. The monoisotopic (exact) mass is 359 g/mol. The van der Waals surface area contributed by atoms with Crippen LogP contribution in [0.5, 0.6) is 0 Å². The lowest BCUT2D eigenvalue weighted by Gasteiger charge is -2.06. The highest BCUT2D eigenvalue weighted by Crippen LogP contribution is 2.20. The van der Waals surface area contributed by atoms with E-state index in [1.807, 2.05) is 18.2 Å². The Morgan fingerprint density at radius 2 is 2.12 bits per heavy atom. The third kappa shape index (κ3) is 3.13. The molecule has 2 aromatic heterocycles. The Labute approximate surface area is 119 Å². The van der Waals surface area contributed by atoms with E-state index in [0.717, 1.165) is 27.2 Å². The van der Waals surface area contributed by atoms with E-state index in [2.05, 4.69) is 44.5 Å². The van der Waals surface area contributed by atoms with Gasteiger partial charge in [-0.3, -0.25) is 4.98 Å². The van der Waals surface area contributed by atoms with Gasteiger partial charge in [-0.15, -0.1) is 0 Å². The van der Waals surface area contributed by atoms with E-state index in [1.54, 1.807) is 6.20 Å². The van der Waals surface area contributed by atoms with Crippen molar-refractivity contribution in [3.05, 3.63) is 50.3 Å². The SMILES string of the molecule is CCc1nc(Cc2ccccn2)nc(Cl)c1I. The second-order valence-electron chi connectivity index (χ2n) is 3.54. The fourth-order valence-electron chi connectivity index (χ4n) is 1.49. The molecule has 0 aliphatic heterocycles. The van der Waals surface area contributed by atoms with E-state index >= 15 is 0 Å². The standard InChI is InChI=1S/C12H11ClIN3/c1-2-9-11(14)12(13)17-10(16-9)7-8-5-3-4-6-15-8/h3-6H,2,7H2,1H3. The molecule has 0 radical (unpaired) electrons. The third-order valence-corrected chi connectivity index (χ3v) is 4.05. The minimum Gasteiger partial charge on any atom is -0.261 e. The van der Waals surface area contributed by atoms with Gasteiger partial charge < -0.3 is 0 Å². The summed E-state index contributed by atoms with van der Waals surface area (Å²) in [6.45, 7) is 2.06. The quantitative estimate of drug-likeness (QED) is 0.623. The number of pyridine rings is 1. The molecule has 0 aliphatic carbocycles. The van der Waals surface area contributed by atoms with Crippen molar-refractivity contribution in [1.82, 2.24) is 15.0 Å². The first-order chi connectivity index (χ1) is 8.20. The van der Waals surface area contributed by atoms with Crippen molar-refractivity contribution in [3.8, 4) is 0 Å². The van der Waals surface area contributed by atoms with E-state index in [4.69, 9.17) is 11.6 Å². The molecule has 0 amide bonds. The van der Waals surface area contributed by atoms with E-state index in [-0.39, 0.29) is 0 Å². The highest BCUT2D eigenvalue weighted by atomic mass is 127. The molecule has 0 aliphatic rings. The molecule has 0 saturated carbocycles. The lowest BCUT2D eigenvalue weighted by molar-refractivity contribution is 0.880. The summed E-state index contributed by atoms with van der Waals surface area (Å²) in [7, 11) is 0. The summed E-state index contributed by atoms with van der Waals surface area (Å²) in [6.07, 6.45) is 3.24. The Bertz CT molecular complexity index is 517. The van der Waals surface area contributed by atoms with Crippen molar-refractivity contribution in [3.63, 3.8) is 0 Å². The molecule has 0 atom stereocenters. The maximum absolute atomic E-state index is 6.08. The van der Waals surface area contributed by atoms with Crippen LogP contribution in [0.25, 0.3) is 0 Å². The van der Waals surface area contributed by atoms with E-state index in [9.17, 15) is 0 Å². The first kappa shape index (κ1) is 12.7. The number of nitrogens with zero attached hydrogens (tertiary/aromatic N) is 3. The van der Waals surface area contributed by atoms with Gasteiger partial charge in [0.05, 0.1) is 15.7 Å². The van der Waals surface area contributed by atoms with Gasteiger partial charge in [-0.05, 0) is 41.1 Å². The average molecular weight is 360 g/mol. The van der Waals surface area contributed by atoms with Crippen molar-refractivity contribution < 1.29 is 0 Å². The molecule has 2 heterocycles.